The van der Waals surface area contributed by atoms with Crippen LogP contribution in [0.2, 0.25) is 10.0 Å². The Kier molecular flexibility index (Phi) is 7.09. The quantitative estimate of drug-likeness (QED) is 0.499. The Morgan fingerprint density at radius 1 is 1.11 bits per heavy atom. The third-order valence-electron chi connectivity index (χ3n) is 4.11. The average molecular weight is 432 g/mol. The van der Waals surface area contributed by atoms with Gasteiger partial charge in [-0.15, -0.1) is 0 Å². The van der Waals surface area contributed by atoms with Gasteiger partial charge in [-0.25, -0.2) is 0 Å². The number of benzene rings is 2. The summed E-state index contributed by atoms with van der Waals surface area (Å²) < 4.78 is 5.41. The molecule has 1 aromatic heterocycles. The van der Waals surface area contributed by atoms with Crippen molar-refractivity contribution >= 4 is 46.2 Å². The maximum atomic E-state index is 6.36. The fraction of sp³-hybridized carbons (Fsp3) is 0.143. The van der Waals surface area contributed by atoms with E-state index in [4.69, 9.17) is 40.2 Å². The molecule has 3 rings (SSSR count). The van der Waals surface area contributed by atoms with Crippen molar-refractivity contribution in [2.75, 3.05) is 12.4 Å². The summed E-state index contributed by atoms with van der Waals surface area (Å²) in [5.74, 6) is 0.658. The predicted molar refractivity (Wildman–Crippen MR) is 119 cm³/mol. The van der Waals surface area contributed by atoms with Gasteiger partial charge in [-0.1, -0.05) is 47.5 Å². The molecule has 0 amide bonds. The third kappa shape index (κ3) is 5.35. The molecule has 7 heteroatoms. The normalized spacial score (nSPS) is 10.4. The maximum absolute atomic E-state index is 6.36. The Bertz CT molecular complexity index is 953. The van der Waals surface area contributed by atoms with Gasteiger partial charge >= 0.3 is 0 Å². The number of rotatable bonds is 6. The molecule has 3 aromatic rings. The van der Waals surface area contributed by atoms with Crippen LogP contribution in [0.4, 0.5) is 5.69 Å². The number of anilines is 1. The summed E-state index contributed by atoms with van der Waals surface area (Å²) in [6, 6.07) is 17.0. The summed E-state index contributed by atoms with van der Waals surface area (Å²) in [4.78, 5) is 6.21. The average Bonchev–Trinajstić information content (AvgIpc) is 2.70. The van der Waals surface area contributed by atoms with Crippen LogP contribution < -0.4 is 10.1 Å². The number of hydrogen-bond acceptors (Lipinski definition) is 3. The smallest absolute Gasteiger partial charge is 0.174 e. The van der Waals surface area contributed by atoms with Crippen LogP contribution in [0.5, 0.6) is 5.75 Å². The van der Waals surface area contributed by atoms with Crippen LogP contribution in [0.25, 0.3) is 0 Å². The van der Waals surface area contributed by atoms with Gasteiger partial charge in [0.2, 0.25) is 0 Å². The molecular formula is C21H19Cl2N3OS. The van der Waals surface area contributed by atoms with Crippen LogP contribution in [0.3, 0.4) is 0 Å². The first kappa shape index (κ1) is 20.4. The van der Waals surface area contributed by atoms with Crippen molar-refractivity contribution in [3.63, 3.8) is 0 Å². The number of nitrogens with zero attached hydrogens (tertiary/aromatic N) is 2. The summed E-state index contributed by atoms with van der Waals surface area (Å²) in [5, 5.41) is 5.07. The number of methoxy groups -OCH3 is 1. The van der Waals surface area contributed by atoms with Gasteiger partial charge in [0, 0.05) is 35.5 Å². The highest BCUT2D eigenvalue weighted by atomic mass is 35.5. The monoisotopic (exact) mass is 431 g/mol. The lowest BCUT2D eigenvalue weighted by Crippen LogP contribution is -2.34. The molecule has 1 heterocycles. The summed E-state index contributed by atoms with van der Waals surface area (Å²) in [5.41, 5.74) is 2.72. The molecule has 0 aliphatic heterocycles. The summed E-state index contributed by atoms with van der Waals surface area (Å²) in [6.07, 6.45) is 3.57. The van der Waals surface area contributed by atoms with E-state index in [9.17, 15) is 0 Å². The largest absolute Gasteiger partial charge is 0.495 e. The third-order valence-corrected chi connectivity index (χ3v) is 5.07. The zero-order chi connectivity index (χ0) is 19.9. The minimum atomic E-state index is 0.532. The zero-order valence-corrected chi connectivity index (χ0v) is 17.6. The van der Waals surface area contributed by atoms with Gasteiger partial charge in [0.05, 0.1) is 12.8 Å². The molecule has 0 atom stereocenters. The highest BCUT2D eigenvalue weighted by molar-refractivity contribution is 7.80. The predicted octanol–water partition coefficient (Wildman–Crippen LogP) is 5.80. The molecule has 1 N–H and O–H groups in total. The van der Waals surface area contributed by atoms with Gasteiger partial charge < -0.3 is 15.0 Å². The number of pyridine rings is 1. The second-order valence-corrected chi connectivity index (χ2v) is 7.31. The maximum Gasteiger partial charge on any atom is 0.174 e. The van der Waals surface area contributed by atoms with E-state index < -0.39 is 0 Å². The lowest BCUT2D eigenvalue weighted by molar-refractivity contribution is 0.409. The lowest BCUT2D eigenvalue weighted by Gasteiger charge is -2.27. The van der Waals surface area contributed by atoms with E-state index in [1.165, 1.54) is 0 Å². The van der Waals surface area contributed by atoms with Crippen molar-refractivity contribution in [1.82, 2.24) is 9.88 Å². The Morgan fingerprint density at radius 3 is 2.64 bits per heavy atom. The van der Waals surface area contributed by atoms with E-state index in [2.05, 4.69) is 10.3 Å². The molecule has 2 aromatic carbocycles. The number of nitrogens with one attached hydrogen (secondary N) is 1. The first-order valence-corrected chi connectivity index (χ1v) is 9.75. The second-order valence-electron chi connectivity index (χ2n) is 6.08. The Hall–Kier alpha value is -2.34. The standard InChI is InChI=1S/C21H19Cl2N3OS/c1-27-20-9-8-17(22)11-19(20)25-21(28)26(13-15-5-4-10-24-12-15)14-16-6-2-3-7-18(16)23/h2-12H,13-14H2,1H3,(H,25,28). The number of thiocarbonyl (C=S) groups is 1. The molecule has 0 aliphatic carbocycles. The second kappa shape index (κ2) is 9.73. The topological polar surface area (TPSA) is 37.4 Å². The van der Waals surface area contributed by atoms with Crippen LogP contribution in [0.1, 0.15) is 11.1 Å². The number of aromatic nitrogens is 1. The molecule has 0 bridgehead atoms. The molecule has 0 saturated carbocycles. The summed E-state index contributed by atoms with van der Waals surface area (Å²) in [7, 11) is 1.61. The number of hydrogen-bond donors (Lipinski definition) is 1. The molecule has 0 radical (unpaired) electrons. The zero-order valence-electron chi connectivity index (χ0n) is 15.2. The van der Waals surface area contributed by atoms with E-state index in [0.29, 0.717) is 39.7 Å². The number of ether oxygens (including phenoxy) is 1. The van der Waals surface area contributed by atoms with E-state index in [-0.39, 0.29) is 0 Å². The van der Waals surface area contributed by atoms with Crippen molar-refractivity contribution in [2.45, 2.75) is 13.1 Å². The lowest BCUT2D eigenvalue weighted by atomic mass is 10.2. The van der Waals surface area contributed by atoms with Crippen LogP contribution in [0.15, 0.2) is 67.0 Å². The Morgan fingerprint density at radius 2 is 1.93 bits per heavy atom. The van der Waals surface area contributed by atoms with Gasteiger partial charge in [-0.2, -0.15) is 0 Å². The van der Waals surface area contributed by atoms with E-state index in [0.717, 1.165) is 11.1 Å². The molecule has 0 unspecified atom stereocenters. The van der Waals surface area contributed by atoms with Crippen molar-refractivity contribution in [2.24, 2.45) is 0 Å². The molecule has 0 aliphatic rings. The van der Waals surface area contributed by atoms with Gasteiger partial charge in [-0.3, -0.25) is 4.98 Å². The first-order chi connectivity index (χ1) is 13.6. The van der Waals surface area contributed by atoms with Gasteiger partial charge in [0.15, 0.2) is 5.11 Å². The van der Waals surface area contributed by atoms with Gasteiger partial charge in [0.25, 0.3) is 0 Å². The molecule has 144 valence electrons. The van der Waals surface area contributed by atoms with Crippen molar-refractivity contribution in [3.8, 4) is 5.75 Å². The van der Waals surface area contributed by atoms with Crippen molar-refractivity contribution < 1.29 is 4.74 Å². The van der Waals surface area contributed by atoms with Crippen molar-refractivity contribution in [1.29, 1.82) is 0 Å². The number of halogens is 2. The van der Waals surface area contributed by atoms with E-state index in [1.54, 1.807) is 31.5 Å². The molecule has 28 heavy (non-hydrogen) atoms. The Labute approximate surface area is 180 Å². The minimum absolute atomic E-state index is 0.532. The van der Waals surface area contributed by atoms with Crippen LogP contribution in [-0.2, 0) is 13.1 Å². The van der Waals surface area contributed by atoms with Gasteiger partial charge in [-0.05, 0) is 53.7 Å². The first-order valence-electron chi connectivity index (χ1n) is 8.58. The Balaban J connectivity index is 1.86. The SMILES string of the molecule is COc1ccc(Cl)cc1NC(=S)N(Cc1cccnc1)Cc1ccccc1Cl. The molecule has 0 spiro atoms. The molecule has 0 saturated heterocycles. The molecule has 0 fully saturated rings. The fourth-order valence-electron chi connectivity index (χ4n) is 2.72. The highest BCUT2D eigenvalue weighted by Crippen LogP contribution is 2.28. The highest BCUT2D eigenvalue weighted by Gasteiger charge is 2.15. The van der Waals surface area contributed by atoms with Crippen LogP contribution in [0, 0.1) is 0 Å². The van der Waals surface area contributed by atoms with Crippen molar-refractivity contribution in [3.05, 3.63) is 88.2 Å². The molecular weight excluding hydrogens is 413 g/mol. The van der Waals surface area contributed by atoms with E-state index in [1.807, 2.05) is 47.5 Å². The summed E-state index contributed by atoms with van der Waals surface area (Å²) in [6.45, 7) is 1.12. The summed E-state index contributed by atoms with van der Waals surface area (Å²) >= 11 is 18.2. The van der Waals surface area contributed by atoms with E-state index >= 15 is 0 Å². The van der Waals surface area contributed by atoms with Gasteiger partial charge in [0.1, 0.15) is 5.75 Å². The molecule has 4 nitrogen and oxygen atoms in total. The van der Waals surface area contributed by atoms with Crippen LogP contribution in [-0.4, -0.2) is 22.1 Å². The minimum Gasteiger partial charge on any atom is -0.495 e. The van der Waals surface area contributed by atoms with Crippen LogP contribution >= 0.6 is 35.4 Å². The fourth-order valence-corrected chi connectivity index (χ4v) is 3.32.